The summed E-state index contributed by atoms with van der Waals surface area (Å²) in [5.74, 6) is -1.13. The Balaban J connectivity index is 2.35. The summed E-state index contributed by atoms with van der Waals surface area (Å²) in [5.41, 5.74) is 0.806. The first-order valence-electron chi connectivity index (χ1n) is 6.08. The van der Waals surface area contributed by atoms with Gasteiger partial charge >= 0.3 is 0 Å². The van der Waals surface area contributed by atoms with E-state index in [1.54, 1.807) is 6.92 Å². The molecule has 0 spiro atoms. The number of benzene rings is 2. The molecule has 0 saturated carbocycles. The van der Waals surface area contributed by atoms with Gasteiger partial charge in [0.2, 0.25) is 10.0 Å². The highest BCUT2D eigenvalue weighted by molar-refractivity contribution is 9.10. The predicted octanol–water partition coefficient (Wildman–Crippen LogP) is 2.80. The number of nitrogens with one attached hydrogen (secondary N) is 1. The van der Waals surface area contributed by atoms with Gasteiger partial charge in [-0.05, 0) is 58.7 Å². The van der Waals surface area contributed by atoms with Crippen LogP contribution in [0, 0.1) is 12.7 Å². The van der Waals surface area contributed by atoms with Crippen LogP contribution in [0.2, 0.25) is 0 Å². The van der Waals surface area contributed by atoms with Crippen LogP contribution in [0.15, 0.2) is 45.8 Å². The van der Waals surface area contributed by atoms with E-state index in [9.17, 15) is 17.6 Å². The van der Waals surface area contributed by atoms with Crippen molar-refractivity contribution in [1.82, 2.24) is 0 Å². The Kier molecular flexibility index (Phi) is 4.64. The smallest absolute Gasteiger partial charge is 0.256 e. The van der Waals surface area contributed by atoms with Gasteiger partial charge in [-0.2, -0.15) is 0 Å². The van der Waals surface area contributed by atoms with E-state index in [0.29, 0.717) is 10.0 Å². The van der Waals surface area contributed by atoms with Crippen molar-refractivity contribution < 1.29 is 17.6 Å². The topological polar surface area (TPSA) is 89.3 Å². The maximum absolute atomic E-state index is 13.2. The molecule has 1 amide bonds. The lowest BCUT2D eigenvalue weighted by Gasteiger charge is -2.10. The van der Waals surface area contributed by atoms with Crippen LogP contribution in [0.25, 0.3) is 0 Å². The number of anilines is 1. The Morgan fingerprint density at radius 1 is 1.23 bits per heavy atom. The van der Waals surface area contributed by atoms with Gasteiger partial charge in [-0.3, -0.25) is 4.79 Å². The maximum atomic E-state index is 13.2. The van der Waals surface area contributed by atoms with Crippen LogP contribution in [0.1, 0.15) is 15.9 Å². The number of primary sulfonamides is 1. The molecule has 22 heavy (non-hydrogen) atoms. The first-order valence-corrected chi connectivity index (χ1v) is 8.42. The second kappa shape index (κ2) is 6.15. The number of aryl methyl sites for hydroxylation is 1. The highest BCUT2D eigenvalue weighted by Crippen LogP contribution is 2.22. The van der Waals surface area contributed by atoms with Gasteiger partial charge in [0.15, 0.2) is 0 Å². The fourth-order valence-corrected chi connectivity index (χ4v) is 3.09. The molecular weight excluding hydrogens is 375 g/mol. The van der Waals surface area contributed by atoms with Crippen molar-refractivity contribution >= 4 is 37.5 Å². The van der Waals surface area contributed by atoms with E-state index in [-0.39, 0.29) is 16.1 Å². The first-order chi connectivity index (χ1) is 10.2. The van der Waals surface area contributed by atoms with E-state index < -0.39 is 21.7 Å². The van der Waals surface area contributed by atoms with Gasteiger partial charge in [-0.15, -0.1) is 0 Å². The molecule has 0 aromatic heterocycles. The summed E-state index contributed by atoms with van der Waals surface area (Å²) in [5, 5.41) is 7.63. The Hall–Kier alpha value is -1.77. The number of halogens is 2. The SMILES string of the molecule is Cc1ccc(NC(=O)c2cc(F)ccc2Br)cc1S(N)(=O)=O. The lowest BCUT2D eigenvalue weighted by Crippen LogP contribution is -2.16. The number of hydrogen-bond donors (Lipinski definition) is 2. The minimum atomic E-state index is -3.89. The molecule has 3 N–H and O–H groups in total. The van der Waals surface area contributed by atoms with E-state index in [1.165, 1.54) is 30.3 Å². The minimum Gasteiger partial charge on any atom is -0.322 e. The quantitative estimate of drug-likeness (QED) is 0.849. The molecule has 5 nitrogen and oxygen atoms in total. The molecule has 8 heteroatoms. The second-order valence-electron chi connectivity index (χ2n) is 4.60. The van der Waals surface area contributed by atoms with Crippen molar-refractivity contribution in [2.75, 3.05) is 5.32 Å². The summed E-state index contributed by atoms with van der Waals surface area (Å²) in [6, 6.07) is 8.02. The molecule has 0 atom stereocenters. The standard InChI is InChI=1S/C14H12BrFN2O3S/c1-8-2-4-10(7-13(8)22(17,20)21)18-14(19)11-6-9(16)3-5-12(11)15/h2-7H,1H3,(H,18,19)(H2,17,20,21). The zero-order chi connectivity index (χ0) is 16.5. The molecule has 0 aliphatic heterocycles. The third-order valence-corrected chi connectivity index (χ3v) is 4.67. The number of carbonyl (C=O) groups excluding carboxylic acids is 1. The van der Waals surface area contributed by atoms with Gasteiger partial charge in [-0.1, -0.05) is 6.07 Å². The molecule has 0 aliphatic rings. The average molecular weight is 387 g/mol. The summed E-state index contributed by atoms with van der Waals surface area (Å²) in [6.45, 7) is 1.59. The van der Waals surface area contributed by atoms with E-state index in [1.807, 2.05) is 0 Å². The highest BCUT2D eigenvalue weighted by Gasteiger charge is 2.15. The van der Waals surface area contributed by atoms with Gasteiger partial charge in [0.1, 0.15) is 5.82 Å². The second-order valence-corrected chi connectivity index (χ2v) is 6.99. The van der Waals surface area contributed by atoms with Crippen molar-refractivity contribution in [3.8, 4) is 0 Å². The van der Waals surface area contributed by atoms with Gasteiger partial charge in [0.25, 0.3) is 5.91 Å². The van der Waals surface area contributed by atoms with Crippen LogP contribution in [0.4, 0.5) is 10.1 Å². The summed E-state index contributed by atoms with van der Waals surface area (Å²) < 4.78 is 36.6. The van der Waals surface area contributed by atoms with Gasteiger partial charge in [-0.25, -0.2) is 17.9 Å². The van der Waals surface area contributed by atoms with Crippen molar-refractivity contribution in [2.24, 2.45) is 5.14 Å². The monoisotopic (exact) mass is 386 g/mol. The predicted molar refractivity (Wildman–Crippen MR) is 84.6 cm³/mol. The number of nitrogens with two attached hydrogens (primary N) is 1. The Bertz CT molecular complexity index is 853. The highest BCUT2D eigenvalue weighted by atomic mass is 79.9. The molecule has 0 radical (unpaired) electrons. The molecular formula is C14H12BrFN2O3S. The lowest BCUT2D eigenvalue weighted by atomic mass is 10.2. The Morgan fingerprint density at radius 3 is 2.55 bits per heavy atom. The molecule has 2 rings (SSSR count). The van der Waals surface area contributed by atoms with Crippen LogP contribution in [0.5, 0.6) is 0 Å². The van der Waals surface area contributed by atoms with Crippen LogP contribution < -0.4 is 10.5 Å². The zero-order valence-corrected chi connectivity index (χ0v) is 13.8. The third kappa shape index (κ3) is 3.70. The lowest BCUT2D eigenvalue weighted by molar-refractivity contribution is 0.102. The van der Waals surface area contributed by atoms with Crippen molar-refractivity contribution in [3.05, 3.63) is 57.8 Å². The molecule has 0 aliphatic carbocycles. The van der Waals surface area contributed by atoms with E-state index in [0.717, 1.165) is 6.07 Å². The van der Waals surface area contributed by atoms with Crippen LogP contribution in [-0.4, -0.2) is 14.3 Å². The van der Waals surface area contributed by atoms with Crippen LogP contribution in [0.3, 0.4) is 0 Å². The maximum Gasteiger partial charge on any atom is 0.256 e. The number of rotatable bonds is 3. The summed E-state index contributed by atoms with van der Waals surface area (Å²) in [7, 11) is -3.89. The Labute approximate surface area is 135 Å². The molecule has 0 heterocycles. The van der Waals surface area contributed by atoms with E-state index >= 15 is 0 Å². The molecule has 0 saturated heterocycles. The van der Waals surface area contributed by atoms with Gasteiger partial charge in [0.05, 0.1) is 10.5 Å². The molecule has 116 valence electrons. The average Bonchev–Trinajstić information content (AvgIpc) is 2.42. The molecule has 2 aromatic rings. The molecule has 0 bridgehead atoms. The summed E-state index contributed by atoms with van der Waals surface area (Å²) >= 11 is 3.16. The summed E-state index contributed by atoms with van der Waals surface area (Å²) in [6.07, 6.45) is 0. The normalized spacial score (nSPS) is 11.3. The number of carbonyl (C=O) groups is 1. The largest absolute Gasteiger partial charge is 0.322 e. The van der Waals surface area contributed by atoms with Gasteiger partial charge < -0.3 is 5.32 Å². The van der Waals surface area contributed by atoms with Crippen LogP contribution >= 0.6 is 15.9 Å². The number of hydrogen-bond acceptors (Lipinski definition) is 3. The summed E-state index contributed by atoms with van der Waals surface area (Å²) in [4.78, 5) is 12.1. The first kappa shape index (κ1) is 16.6. The van der Waals surface area contributed by atoms with E-state index in [4.69, 9.17) is 5.14 Å². The fourth-order valence-electron chi connectivity index (χ4n) is 1.85. The molecule has 0 unspecified atom stereocenters. The molecule has 0 fully saturated rings. The van der Waals surface area contributed by atoms with Crippen molar-refractivity contribution in [2.45, 2.75) is 11.8 Å². The minimum absolute atomic E-state index is 0.0800. The third-order valence-electron chi connectivity index (χ3n) is 2.93. The van der Waals surface area contributed by atoms with Crippen LogP contribution in [-0.2, 0) is 10.0 Å². The van der Waals surface area contributed by atoms with E-state index in [2.05, 4.69) is 21.2 Å². The fraction of sp³-hybridized carbons (Fsp3) is 0.0714. The van der Waals surface area contributed by atoms with Crippen molar-refractivity contribution in [3.63, 3.8) is 0 Å². The number of sulfonamides is 1. The Morgan fingerprint density at radius 2 is 1.91 bits per heavy atom. The zero-order valence-electron chi connectivity index (χ0n) is 11.4. The number of amides is 1. The molecule has 2 aromatic carbocycles. The van der Waals surface area contributed by atoms with Crippen molar-refractivity contribution in [1.29, 1.82) is 0 Å². The van der Waals surface area contributed by atoms with Gasteiger partial charge in [0, 0.05) is 10.2 Å².